The van der Waals surface area contributed by atoms with E-state index in [1.165, 1.54) is 16.7 Å². The van der Waals surface area contributed by atoms with Crippen LogP contribution in [0.1, 0.15) is 44.1 Å². The van der Waals surface area contributed by atoms with E-state index in [0.29, 0.717) is 42.3 Å². The molecule has 0 unspecified atom stereocenters. The summed E-state index contributed by atoms with van der Waals surface area (Å²) in [5.74, 6) is 0.286. The van der Waals surface area contributed by atoms with Crippen LogP contribution in [0.15, 0.2) is 26.6 Å². The normalized spacial score (nSPS) is 26.7. The van der Waals surface area contributed by atoms with Gasteiger partial charge in [0, 0.05) is 6.54 Å². The third-order valence-electron chi connectivity index (χ3n) is 7.68. The van der Waals surface area contributed by atoms with E-state index < -0.39 is 38.9 Å². The van der Waals surface area contributed by atoms with E-state index in [1.54, 1.807) is 6.92 Å². The molecule has 0 atom stereocenters. The van der Waals surface area contributed by atoms with Gasteiger partial charge in [-0.1, -0.05) is 0 Å². The molecule has 0 radical (unpaired) electrons. The Labute approximate surface area is 189 Å². The highest BCUT2D eigenvalue weighted by Crippen LogP contribution is 2.75. The Bertz CT molecular complexity index is 1450. The summed E-state index contributed by atoms with van der Waals surface area (Å²) < 4.78 is 44.0. The van der Waals surface area contributed by atoms with E-state index in [-0.39, 0.29) is 16.2 Å². The molecule has 11 heteroatoms. The third kappa shape index (κ3) is 3.27. The molecule has 4 saturated carbocycles. The lowest BCUT2D eigenvalue weighted by Gasteiger charge is -2.18. The van der Waals surface area contributed by atoms with Crippen LogP contribution in [0.25, 0.3) is 10.9 Å². The molecule has 1 aromatic carbocycles. The number of aryl methyl sites for hydroxylation is 1. The summed E-state index contributed by atoms with van der Waals surface area (Å²) >= 11 is 0. The number of hydrogen-bond donors (Lipinski definition) is 2. The van der Waals surface area contributed by atoms with Gasteiger partial charge in [-0.05, 0) is 75.0 Å². The van der Waals surface area contributed by atoms with Crippen molar-refractivity contribution in [3.63, 3.8) is 0 Å². The van der Waals surface area contributed by atoms with Crippen molar-refractivity contribution in [1.82, 2.24) is 14.0 Å². The maximum absolute atomic E-state index is 13.3. The Balaban J connectivity index is 1.50. The molecule has 4 aliphatic rings. The van der Waals surface area contributed by atoms with Crippen molar-refractivity contribution in [3.05, 3.63) is 38.5 Å². The van der Waals surface area contributed by atoms with Crippen LogP contribution in [0.2, 0.25) is 0 Å². The fourth-order valence-corrected chi connectivity index (χ4v) is 6.36. The number of aromatic nitrogens is 2. The summed E-state index contributed by atoms with van der Waals surface area (Å²) in [7, 11) is -4.10. The summed E-state index contributed by atoms with van der Waals surface area (Å²) in [5, 5.41) is 0.0206. The van der Waals surface area contributed by atoms with Gasteiger partial charge >= 0.3 is 5.69 Å². The van der Waals surface area contributed by atoms with Crippen LogP contribution in [-0.2, 0) is 21.4 Å². The van der Waals surface area contributed by atoms with Crippen molar-refractivity contribution >= 4 is 26.8 Å². The Morgan fingerprint density at radius 3 is 2.42 bits per heavy atom. The van der Waals surface area contributed by atoms with Crippen molar-refractivity contribution in [1.29, 1.82) is 0 Å². The lowest BCUT2D eigenvalue weighted by atomic mass is 10.1. The average molecular weight is 477 g/mol. The lowest BCUT2D eigenvalue weighted by molar-refractivity contribution is -0.120. The second kappa shape index (κ2) is 6.53. The molecule has 176 valence electrons. The van der Waals surface area contributed by atoms with E-state index in [4.69, 9.17) is 0 Å². The van der Waals surface area contributed by atoms with E-state index >= 15 is 0 Å². The zero-order valence-corrected chi connectivity index (χ0v) is 19.0. The van der Waals surface area contributed by atoms with Gasteiger partial charge in [0.2, 0.25) is 15.9 Å². The fourth-order valence-electron chi connectivity index (χ4n) is 4.66. The molecule has 6 rings (SSSR count). The first-order valence-electron chi connectivity index (χ1n) is 11.3. The number of hydrogen-bond acceptors (Lipinski definition) is 5. The number of amides is 1. The molecule has 0 aliphatic heterocycles. The Morgan fingerprint density at radius 1 is 1.21 bits per heavy atom. The van der Waals surface area contributed by atoms with E-state index in [9.17, 15) is 27.2 Å². The van der Waals surface area contributed by atoms with Crippen molar-refractivity contribution in [2.24, 2.45) is 17.3 Å². The molecule has 4 fully saturated rings. The van der Waals surface area contributed by atoms with Crippen molar-refractivity contribution < 1.29 is 17.6 Å². The monoisotopic (exact) mass is 476 g/mol. The van der Waals surface area contributed by atoms with Crippen LogP contribution in [0.4, 0.5) is 4.39 Å². The smallest absolute Gasteiger partial charge is 0.291 e. The second-order valence-corrected chi connectivity index (χ2v) is 12.0. The molecular weight excluding hydrogens is 451 g/mol. The van der Waals surface area contributed by atoms with Crippen LogP contribution in [0, 0.1) is 24.2 Å². The van der Waals surface area contributed by atoms with Gasteiger partial charge in [-0.3, -0.25) is 19.6 Å². The molecule has 1 heterocycles. The first-order chi connectivity index (χ1) is 15.6. The lowest BCUT2D eigenvalue weighted by Crippen LogP contribution is -2.48. The van der Waals surface area contributed by atoms with Gasteiger partial charge in [0.05, 0.1) is 26.8 Å². The molecule has 4 aliphatic carbocycles. The maximum Gasteiger partial charge on any atom is 0.350 e. The van der Waals surface area contributed by atoms with Gasteiger partial charge in [-0.25, -0.2) is 22.3 Å². The number of carbonyl (C=O) groups is 1. The van der Waals surface area contributed by atoms with Crippen molar-refractivity contribution in [3.8, 4) is 0 Å². The average Bonchev–Trinajstić information content (AvgIpc) is 3.58. The fraction of sp³-hybridized carbons (Fsp3) is 0.591. The van der Waals surface area contributed by atoms with E-state index in [1.807, 2.05) is 0 Å². The number of halogens is 1. The maximum atomic E-state index is 13.3. The van der Waals surface area contributed by atoms with Gasteiger partial charge < -0.3 is 0 Å². The van der Waals surface area contributed by atoms with Gasteiger partial charge in [0.25, 0.3) is 5.56 Å². The molecule has 33 heavy (non-hydrogen) atoms. The van der Waals surface area contributed by atoms with E-state index in [2.05, 4.69) is 10.1 Å². The number of carbonyl (C=O) groups excluding carboxylic acids is 1. The van der Waals surface area contributed by atoms with Crippen LogP contribution in [0.3, 0.4) is 0 Å². The second-order valence-electron chi connectivity index (χ2n) is 10.3. The first kappa shape index (κ1) is 21.0. The molecule has 2 N–H and O–H groups in total. The molecular formula is C22H25FN4O5S. The largest absolute Gasteiger partial charge is 0.350 e. The quantitative estimate of drug-likeness (QED) is 0.592. The summed E-state index contributed by atoms with van der Waals surface area (Å²) in [5.41, 5.74) is 0.252. The molecule has 1 aromatic heterocycles. The van der Waals surface area contributed by atoms with Crippen LogP contribution in [-0.4, -0.2) is 35.8 Å². The Kier molecular flexibility index (Phi) is 4.16. The van der Waals surface area contributed by atoms with Crippen molar-refractivity contribution in [2.75, 3.05) is 12.1 Å². The van der Waals surface area contributed by atoms with Crippen LogP contribution < -0.4 is 21.4 Å². The van der Waals surface area contributed by atoms with Gasteiger partial charge in [0.15, 0.2) is 0 Å². The highest BCUT2D eigenvalue weighted by molar-refractivity contribution is 7.89. The molecule has 2 aromatic rings. The summed E-state index contributed by atoms with van der Waals surface area (Å²) in [6.45, 7) is 1.16. The molecule has 0 bridgehead atoms. The predicted octanol–water partition coefficient (Wildman–Crippen LogP) is 1.14. The van der Waals surface area contributed by atoms with Gasteiger partial charge in [-0.15, -0.1) is 0 Å². The van der Waals surface area contributed by atoms with Gasteiger partial charge in [0.1, 0.15) is 6.67 Å². The van der Waals surface area contributed by atoms with Gasteiger partial charge in [-0.2, -0.15) is 4.68 Å². The van der Waals surface area contributed by atoms with Crippen molar-refractivity contribution in [2.45, 2.75) is 62.4 Å². The summed E-state index contributed by atoms with van der Waals surface area (Å²) in [4.78, 5) is 39.0. The third-order valence-corrected chi connectivity index (χ3v) is 9.40. The minimum Gasteiger partial charge on any atom is -0.291 e. The number of alkyl halides is 1. The number of rotatable bonds is 8. The predicted molar refractivity (Wildman–Crippen MR) is 118 cm³/mol. The Hall–Kier alpha value is -2.53. The number of benzene rings is 1. The topological polar surface area (TPSA) is 119 Å². The zero-order valence-electron chi connectivity index (χ0n) is 18.2. The number of sulfonamides is 1. The molecule has 0 spiro atoms. The number of nitrogens with zero attached hydrogens (tertiary/aromatic N) is 2. The zero-order chi connectivity index (χ0) is 23.3. The number of nitrogens with one attached hydrogen (secondary N) is 2. The summed E-state index contributed by atoms with van der Waals surface area (Å²) in [6.07, 6.45) is 4.29. The number of fused-ring (bicyclic) bond motifs is 2. The standard InChI is InChI=1S/C22H25FN4O5S/c1-12-6-16-15(7-17(12)33(31,32)25-21(11-23)4-5-21)18(28)27(20(30)26(16)10-13-2-3-13)24-19(29)22-8-14(22)9-22/h6-7,13-14,25H,2-5,8-11H2,1H3,(H,24,29). The van der Waals surface area contributed by atoms with Crippen LogP contribution in [0.5, 0.6) is 0 Å². The first-order valence-corrected chi connectivity index (χ1v) is 12.8. The SMILES string of the molecule is Cc1cc2c(cc1S(=O)(=O)NC1(CF)CC1)c(=O)n(NC(=O)C13CC1C3)c(=O)n2CC1CC1. The molecule has 0 saturated heterocycles. The Morgan fingerprint density at radius 2 is 1.88 bits per heavy atom. The summed E-state index contributed by atoms with van der Waals surface area (Å²) in [6, 6.07) is 2.76. The molecule has 9 nitrogen and oxygen atoms in total. The highest BCUT2D eigenvalue weighted by atomic mass is 32.2. The van der Waals surface area contributed by atoms with Crippen LogP contribution >= 0.6 is 0 Å². The highest BCUT2D eigenvalue weighted by Gasteiger charge is 2.74. The van der Waals surface area contributed by atoms with E-state index in [0.717, 1.165) is 30.4 Å². The minimum atomic E-state index is -4.10. The molecule has 1 amide bonds. The minimum absolute atomic E-state index is 0.0206.